The van der Waals surface area contributed by atoms with Crippen molar-refractivity contribution in [2.24, 2.45) is 0 Å². The Labute approximate surface area is 194 Å². The maximum absolute atomic E-state index is 13.5. The van der Waals surface area contributed by atoms with Gasteiger partial charge in [-0.3, -0.25) is 9.69 Å². The van der Waals surface area contributed by atoms with Crippen LogP contribution < -0.4 is 9.64 Å². The van der Waals surface area contributed by atoms with Gasteiger partial charge < -0.3 is 4.74 Å². The Balaban J connectivity index is 1.58. The number of thioether (sulfide) groups is 1. The van der Waals surface area contributed by atoms with Crippen LogP contribution in [0.25, 0.3) is 6.08 Å². The lowest BCUT2D eigenvalue weighted by Gasteiger charge is -2.15. The molecule has 0 saturated carbocycles. The van der Waals surface area contributed by atoms with Gasteiger partial charge in [-0.25, -0.2) is 4.39 Å². The van der Waals surface area contributed by atoms with Gasteiger partial charge in [-0.1, -0.05) is 83.6 Å². The summed E-state index contributed by atoms with van der Waals surface area (Å²) in [4.78, 5) is 14.8. The zero-order valence-corrected chi connectivity index (χ0v) is 18.9. The highest BCUT2D eigenvalue weighted by molar-refractivity contribution is 8.27. The van der Waals surface area contributed by atoms with Gasteiger partial charge in [-0.2, -0.15) is 0 Å². The van der Waals surface area contributed by atoms with E-state index >= 15 is 0 Å². The SMILES string of the molecule is Cc1cccc(COc2ccccc2/C=C2/SC(=S)N(c3ccc(F)c(Cl)c3)C2=O)c1. The van der Waals surface area contributed by atoms with Gasteiger partial charge in [0.1, 0.15) is 18.2 Å². The lowest BCUT2D eigenvalue weighted by atomic mass is 10.1. The highest BCUT2D eigenvalue weighted by atomic mass is 35.5. The molecular formula is C24H17ClFNO2S2. The second-order valence-electron chi connectivity index (χ2n) is 6.93. The molecule has 1 amide bonds. The molecule has 0 N–H and O–H groups in total. The molecular weight excluding hydrogens is 453 g/mol. The number of hydrogen-bond donors (Lipinski definition) is 0. The summed E-state index contributed by atoms with van der Waals surface area (Å²) in [5.74, 6) is -0.170. The van der Waals surface area contributed by atoms with E-state index in [-0.39, 0.29) is 10.9 Å². The molecule has 31 heavy (non-hydrogen) atoms. The van der Waals surface area contributed by atoms with E-state index < -0.39 is 5.82 Å². The zero-order chi connectivity index (χ0) is 22.0. The van der Waals surface area contributed by atoms with Crippen LogP contribution in [0.1, 0.15) is 16.7 Å². The molecule has 3 aromatic carbocycles. The predicted octanol–water partition coefficient (Wildman–Crippen LogP) is 6.77. The fraction of sp³-hybridized carbons (Fsp3) is 0.0833. The number of halogens is 2. The number of hydrogen-bond acceptors (Lipinski definition) is 4. The first-order valence-corrected chi connectivity index (χ1v) is 11.0. The van der Waals surface area contributed by atoms with Crippen LogP contribution in [-0.2, 0) is 11.4 Å². The van der Waals surface area contributed by atoms with Crippen LogP contribution in [0.3, 0.4) is 0 Å². The van der Waals surface area contributed by atoms with Gasteiger partial charge in [0.25, 0.3) is 5.91 Å². The molecule has 0 unspecified atom stereocenters. The summed E-state index contributed by atoms with van der Waals surface area (Å²) in [6.07, 6.45) is 1.76. The van der Waals surface area contributed by atoms with Crippen molar-refractivity contribution in [3.05, 3.63) is 99.2 Å². The molecule has 3 nitrogen and oxygen atoms in total. The smallest absolute Gasteiger partial charge is 0.270 e. The van der Waals surface area contributed by atoms with Crippen molar-refractivity contribution < 1.29 is 13.9 Å². The summed E-state index contributed by atoms with van der Waals surface area (Å²) >= 11 is 12.4. The molecule has 156 valence electrons. The number of carbonyl (C=O) groups is 1. The van der Waals surface area contributed by atoms with Crippen LogP contribution >= 0.6 is 35.6 Å². The quantitative estimate of drug-likeness (QED) is 0.304. The summed E-state index contributed by atoms with van der Waals surface area (Å²) < 4.78 is 19.9. The van der Waals surface area contributed by atoms with E-state index in [9.17, 15) is 9.18 Å². The largest absolute Gasteiger partial charge is 0.488 e. The molecule has 3 aromatic rings. The second-order valence-corrected chi connectivity index (χ2v) is 9.01. The Morgan fingerprint density at radius 1 is 1.13 bits per heavy atom. The zero-order valence-electron chi connectivity index (χ0n) is 16.5. The molecule has 0 aromatic heterocycles. The third-order valence-electron chi connectivity index (χ3n) is 4.64. The second kappa shape index (κ2) is 9.22. The lowest BCUT2D eigenvalue weighted by molar-refractivity contribution is -0.113. The Hall–Kier alpha value is -2.67. The third-order valence-corrected chi connectivity index (χ3v) is 6.23. The summed E-state index contributed by atoms with van der Waals surface area (Å²) in [5.41, 5.74) is 3.43. The summed E-state index contributed by atoms with van der Waals surface area (Å²) in [5, 5.41) is -0.0644. The van der Waals surface area contributed by atoms with Crippen molar-refractivity contribution in [3.8, 4) is 5.75 Å². The number of para-hydroxylation sites is 1. The minimum absolute atomic E-state index is 0.0644. The van der Waals surface area contributed by atoms with Crippen LogP contribution in [0.15, 0.2) is 71.6 Å². The summed E-state index contributed by atoms with van der Waals surface area (Å²) in [6, 6.07) is 19.7. The van der Waals surface area contributed by atoms with Crippen LogP contribution in [0.4, 0.5) is 10.1 Å². The van der Waals surface area contributed by atoms with Gasteiger partial charge in [-0.05, 0) is 42.8 Å². The van der Waals surface area contributed by atoms with Crippen LogP contribution in [0.5, 0.6) is 5.75 Å². The maximum Gasteiger partial charge on any atom is 0.270 e. The molecule has 0 aliphatic carbocycles. The average Bonchev–Trinajstić information content (AvgIpc) is 3.02. The van der Waals surface area contributed by atoms with Crippen molar-refractivity contribution in [3.63, 3.8) is 0 Å². The van der Waals surface area contributed by atoms with Gasteiger partial charge >= 0.3 is 0 Å². The van der Waals surface area contributed by atoms with Gasteiger partial charge in [-0.15, -0.1) is 0 Å². The number of ether oxygens (including phenoxy) is 1. The lowest BCUT2D eigenvalue weighted by Crippen LogP contribution is -2.27. The molecule has 0 atom stereocenters. The van der Waals surface area contributed by atoms with Crippen LogP contribution in [0.2, 0.25) is 5.02 Å². The average molecular weight is 470 g/mol. The molecule has 1 heterocycles. The van der Waals surface area contributed by atoms with E-state index in [0.717, 1.165) is 11.1 Å². The molecule has 1 saturated heterocycles. The molecule has 7 heteroatoms. The maximum atomic E-state index is 13.5. The molecule has 0 radical (unpaired) electrons. The van der Waals surface area contributed by atoms with E-state index in [1.807, 2.05) is 49.4 Å². The Bertz CT molecular complexity index is 1210. The molecule has 1 fully saturated rings. The third kappa shape index (κ3) is 4.82. The Morgan fingerprint density at radius 2 is 1.94 bits per heavy atom. The van der Waals surface area contributed by atoms with Gasteiger partial charge in [0.05, 0.1) is 15.6 Å². The first-order valence-electron chi connectivity index (χ1n) is 9.43. The monoisotopic (exact) mass is 469 g/mol. The number of anilines is 1. The van der Waals surface area contributed by atoms with E-state index in [1.54, 1.807) is 6.08 Å². The van der Waals surface area contributed by atoms with Crippen molar-refractivity contribution in [2.45, 2.75) is 13.5 Å². The van der Waals surface area contributed by atoms with Crippen molar-refractivity contribution >= 4 is 57.6 Å². The highest BCUT2D eigenvalue weighted by Crippen LogP contribution is 2.38. The Morgan fingerprint density at radius 3 is 2.71 bits per heavy atom. The summed E-state index contributed by atoms with van der Waals surface area (Å²) in [7, 11) is 0. The van der Waals surface area contributed by atoms with Crippen molar-refractivity contribution in [1.29, 1.82) is 0 Å². The molecule has 1 aliphatic heterocycles. The normalized spacial score (nSPS) is 15.1. The number of benzene rings is 3. The van der Waals surface area contributed by atoms with Crippen molar-refractivity contribution in [2.75, 3.05) is 4.90 Å². The Kier molecular flexibility index (Phi) is 6.41. The van der Waals surface area contributed by atoms with E-state index in [2.05, 4.69) is 6.07 Å². The van der Waals surface area contributed by atoms with Gasteiger partial charge in [0.15, 0.2) is 4.32 Å². The molecule has 0 spiro atoms. The minimum atomic E-state index is -0.550. The van der Waals surface area contributed by atoms with Crippen LogP contribution in [0, 0.1) is 12.7 Å². The molecule has 4 rings (SSSR count). The van der Waals surface area contributed by atoms with Crippen molar-refractivity contribution in [1.82, 2.24) is 0 Å². The fourth-order valence-electron chi connectivity index (χ4n) is 3.15. The number of nitrogens with zero attached hydrogens (tertiary/aromatic N) is 1. The number of rotatable bonds is 5. The predicted molar refractivity (Wildman–Crippen MR) is 129 cm³/mol. The first kappa shape index (κ1) is 21.6. The minimum Gasteiger partial charge on any atom is -0.488 e. The topological polar surface area (TPSA) is 29.5 Å². The first-order chi connectivity index (χ1) is 14.9. The molecule has 1 aliphatic rings. The summed E-state index contributed by atoms with van der Waals surface area (Å²) in [6.45, 7) is 2.45. The number of aryl methyl sites for hydroxylation is 1. The highest BCUT2D eigenvalue weighted by Gasteiger charge is 2.33. The number of thiocarbonyl (C=S) groups is 1. The van der Waals surface area contributed by atoms with Gasteiger partial charge in [0, 0.05) is 5.56 Å². The van der Waals surface area contributed by atoms with E-state index in [4.69, 9.17) is 28.6 Å². The van der Waals surface area contributed by atoms with Gasteiger partial charge in [0.2, 0.25) is 0 Å². The fourth-order valence-corrected chi connectivity index (χ4v) is 4.61. The number of carbonyl (C=O) groups excluding carboxylic acids is 1. The van der Waals surface area contributed by atoms with E-state index in [1.165, 1.54) is 40.4 Å². The standard InChI is InChI=1S/C24H17ClFNO2S2/c1-15-5-4-6-16(11-15)14-29-21-8-3-2-7-17(21)12-22-23(28)27(24(30)31-22)18-9-10-20(26)19(25)13-18/h2-13H,14H2,1H3/b22-12+. The van der Waals surface area contributed by atoms with Crippen LogP contribution in [-0.4, -0.2) is 10.2 Å². The number of amides is 1. The molecule has 0 bridgehead atoms. The van der Waals surface area contributed by atoms with E-state index in [0.29, 0.717) is 27.3 Å².